The third-order valence-corrected chi connectivity index (χ3v) is 4.53. The average Bonchev–Trinajstić information content (AvgIpc) is 2.48. The highest BCUT2D eigenvalue weighted by atomic mass is 19.3. The Hall–Kier alpha value is -0.950. The van der Waals surface area contributed by atoms with E-state index in [-0.39, 0.29) is 19.5 Å². The molecule has 0 aromatic carbocycles. The standard InChI is InChI=1S/C17H30F2N2O3/c1-16(2,3)24-15(22)21-10-7-17(18,19)14(12-21)23-11-6-13-4-8-20-9-5-13/h13-14,20H,4-12H2,1-3H3. The lowest BCUT2D eigenvalue weighted by Gasteiger charge is -2.38. The Morgan fingerprint density at radius 1 is 1.29 bits per heavy atom. The molecule has 0 aromatic rings. The van der Waals surface area contributed by atoms with Gasteiger partial charge in [-0.1, -0.05) is 0 Å². The molecule has 0 radical (unpaired) electrons. The summed E-state index contributed by atoms with van der Waals surface area (Å²) in [4.78, 5) is 13.4. The molecule has 5 nitrogen and oxygen atoms in total. The molecule has 2 aliphatic heterocycles. The van der Waals surface area contributed by atoms with Crippen molar-refractivity contribution < 1.29 is 23.0 Å². The van der Waals surface area contributed by atoms with Crippen molar-refractivity contribution in [3.63, 3.8) is 0 Å². The van der Waals surface area contributed by atoms with E-state index < -0.39 is 23.7 Å². The molecular formula is C17H30F2N2O3. The summed E-state index contributed by atoms with van der Waals surface area (Å²) >= 11 is 0. The molecule has 140 valence electrons. The molecule has 2 heterocycles. The Kier molecular flexibility index (Phi) is 6.42. The van der Waals surface area contributed by atoms with Gasteiger partial charge in [0.25, 0.3) is 5.92 Å². The van der Waals surface area contributed by atoms with Gasteiger partial charge < -0.3 is 19.7 Å². The molecule has 1 N–H and O–H groups in total. The molecule has 1 atom stereocenters. The first-order chi connectivity index (χ1) is 11.2. The first-order valence-electron chi connectivity index (χ1n) is 8.85. The summed E-state index contributed by atoms with van der Waals surface area (Å²) in [7, 11) is 0. The quantitative estimate of drug-likeness (QED) is 0.848. The number of nitrogens with zero attached hydrogens (tertiary/aromatic N) is 1. The first kappa shape index (κ1) is 19.4. The van der Waals surface area contributed by atoms with Crippen LogP contribution in [-0.4, -0.2) is 61.4 Å². The Labute approximate surface area is 143 Å². The molecule has 2 saturated heterocycles. The molecule has 0 bridgehead atoms. The maximum Gasteiger partial charge on any atom is 0.410 e. The number of rotatable bonds is 4. The number of nitrogens with one attached hydrogen (secondary N) is 1. The minimum atomic E-state index is -2.90. The molecule has 2 rings (SSSR count). The summed E-state index contributed by atoms with van der Waals surface area (Å²) < 4.78 is 39.0. The fourth-order valence-electron chi connectivity index (χ4n) is 3.08. The van der Waals surface area contributed by atoms with E-state index in [4.69, 9.17) is 9.47 Å². The number of hydrogen-bond donors (Lipinski definition) is 1. The number of amides is 1. The zero-order valence-corrected chi connectivity index (χ0v) is 14.9. The molecule has 2 aliphatic rings. The summed E-state index contributed by atoms with van der Waals surface area (Å²) in [6, 6.07) is 0. The molecule has 0 spiro atoms. The van der Waals surface area contributed by atoms with Crippen molar-refractivity contribution in [1.82, 2.24) is 10.2 Å². The van der Waals surface area contributed by atoms with E-state index in [9.17, 15) is 13.6 Å². The van der Waals surface area contributed by atoms with Crippen LogP contribution in [0.15, 0.2) is 0 Å². The van der Waals surface area contributed by atoms with Crippen LogP contribution in [0.2, 0.25) is 0 Å². The van der Waals surface area contributed by atoms with E-state index in [1.54, 1.807) is 20.8 Å². The van der Waals surface area contributed by atoms with Gasteiger partial charge in [-0.2, -0.15) is 0 Å². The number of alkyl halides is 2. The SMILES string of the molecule is CC(C)(C)OC(=O)N1CCC(F)(F)C(OCCC2CCNCC2)C1. The highest BCUT2D eigenvalue weighted by Crippen LogP contribution is 2.31. The van der Waals surface area contributed by atoms with Crippen molar-refractivity contribution in [3.05, 3.63) is 0 Å². The summed E-state index contributed by atoms with van der Waals surface area (Å²) in [5, 5.41) is 3.29. The minimum Gasteiger partial charge on any atom is -0.444 e. The number of carbonyl (C=O) groups is 1. The van der Waals surface area contributed by atoms with Gasteiger partial charge in [0.2, 0.25) is 0 Å². The minimum absolute atomic E-state index is 0.00390. The van der Waals surface area contributed by atoms with Crippen LogP contribution >= 0.6 is 0 Å². The highest BCUT2D eigenvalue weighted by Gasteiger charge is 2.46. The van der Waals surface area contributed by atoms with Gasteiger partial charge >= 0.3 is 6.09 Å². The third kappa shape index (κ3) is 5.84. The van der Waals surface area contributed by atoms with E-state index in [0.29, 0.717) is 12.5 Å². The van der Waals surface area contributed by atoms with Crippen LogP contribution < -0.4 is 5.32 Å². The molecule has 1 amide bonds. The number of carbonyl (C=O) groups excluding carboxylic acids is 1. The van der Waals surface area contributed by atoms with Gasteiger partial charge in [-0.15, -0.1) is 0 Å². The molecular weight excluding hydrogens is 318 g/mol. The van der Waals surface area contributed by atoms with E-state index in [1.807, 2.05) is 0 Å². The van der Waals surface area contributed by atoms with E-state index in [2.05, 4.69) is 5.32 Å². The number of hydrogen-bond acceptors (Lipinski definition) is 4. The van der Waals surface area contributed by atoms with Crippen molar-refractivity contribution in [2.24, 2.45) is 5.92 Å². The Balaban J connectivity index is 1.82. The maximum absolute atomic E-state index is 14.1. The van der Waals surface area contributed by atoms with Gasteiger partial charge in [-0.25, -0.2) is 13.6 Å². The Bertz CT molecular complexity index is 421. The van der Waals surface area contributed by atoms with Crippen LogP contribution in [0.5, 0.6) is 0 Å². The van der Waals surface area contributed by atoms with Crippen molar-refractivity contribution in [3.8, 4) is 0 Å². The average molecular weight is 348 g/mol. The van der Waals surface area contributed by atoms with E-state index in [0.717, 1.165) is 32.4 Å². The molecule has 0 aromatic heterocycles. The largest absolute Gasteiger partial charge is 0.444 e. The van der Waals surface area contributed by atoms with Crippen LogP contribution in [0.4, 0.5) is 13.6 Å². The molecule has 2 fully saturated rings. The van der Waals surface area contributed by atoms with E-state index >= 15 is 0 Å². The van der Waals surface area contributed by atoms with Crippen LogP contribution in [-0.2, 0) is 9.47 Å². The summed E-state index contributed by atoms with van der Waals surface area (Å²) in [6.45, 7) is 7.44. The second-order valence-corrected chi connectivity index (χ2v) is 7.78. The zero-order chi connectivity index (χ0) is 17.8. The predicted octanol–water partition coefficient (Wildman–Crippen LogP) is 3.04. The first-order valence-corrected chi connectivity index (χ1v) is 8.85. The van der Waals surface area contributed by atoms with Gasteiger partial charge in [0, 0.05) is 19.6 Å². The fourth-order valence-corrected chi connectivity index (χ4v) is 3.08. The van der Waals surface area contributed by atoms with Crippen molar-refractivity contribution >= 4 is 6.09 Å². The molecule has 24 heavy (non-hydrogen) atoms. The van der Waals surface area contributed by atoms with Gasteiger partial charge in [0.05, 0.1) is 6.54 Å². The smallest absolute Gasteiger partial charge is 0.410 e. The lowest BCUT2D eigenvalue weighted by molar-refractivity contribution is -0.170. The molecule has 0 saturated carbocycles. The summed E-state index contributed by atoms with van der Waals surface area (Å²) in [5.74, 6) is -2.36. The number of piperidine rings is 2. The van der Waals surface area contributed by atoms with Crippen molar-refractivity contribution in [2.45, 2.75) is 64.1 Å². The second-order valence-electron chi connectivity index (χ2n) is 7.78. The van der Waals surface area contributed by atoms with Crippen molar-refractivity contribution in [2.75, 3.05) is 32.8 Å². The summed E-state index contributed by atoms with van der Waals surface area (Å²) in [5.41, 5.74) is -0.636. The number of halogens is 2. The van der Waals surface area contributed by atoms with Crippen LogP contribution in [0, 0.1) is 5.92 Å². The van der Waals surface area contributed by atoms with Crippen molar-refractivity contribution in [1.29, 1.82) is 0 Å². The maximum atomic E-state index is 14.1. The van der Waals surface area contributed by atoms with Gasteiger partial charge in [-0.05, 0) is 59.0 Å². The zero-order valence-electron chi connectivity index (χ0n) is 14.9. The van der Waals surface area contributed by atoms with E-state index in [1.165, 1.54) is 4.90 Å². The molecule has 7 heteroatoms. The monoisotopic (exact) mass is 348 g/mol. The molecule has 0 aliphatic carbocycles. The second kappa shape index (κ2) is 7.95. The van der Waals surface area contributed by atoms with Crippen LogP contribution in [0.1, 0.15) is 46.5 Å². The van der Waals surface area contributed by atoms with Gasteiger partial charge in [0.15, 0.2) is 0 Å². The topological polar surface area (TPSA) is 50.8 Å². The lowest BCUT2D eigenvalue weighted by atomic mass is 9.95. The Morgan fingerprint density at radius 3 is 2.58 bits per heavy atom. The Morgan fingerprint density at radius 2 is 1.96 bits per heavy atom. The normalized spacial score (nSPS) is 25.5. The highest BCUT2D eigenvalue weighted by molar-refractivity contribution is 5.68. The number of likely N-dealkylation sites (tertiary alicyclic amines) is 1. The van der Waals surface area contributed by atoms with Gasteiger partial charge in [-0.3, -0.25) is 0 Å². The van der Waals surface area contributed by atoms with Crippen LogP contribution in [0.25, 0.3) is 0 Å². The fraction of sp³-hybridized carbons (Fsp3) is 0.941. The van der Waals surface area contributed by atoms with Crippen LogP contribution in [0.3, 0.4) is 0 Å². The predicted molar refractivity (Wildman–Crippen MR) is 87.3 cm³/mol. The van der Waals surface area contributed by atoms with Gasteiger partial charge in [0.1, 0.15) is 11.7 Å². The number of ether oxygens (including phenoxy) is 2. The third-order valence-electron chi connectivity index (χ3n) is 4.53. The summed E-state index contributed by atoms with van der Waals surface area (Å²) in [6.07, 6.45) is 0.735. The lowest BCUT2D eigenvalue weighted by Crippen LogP contribution is -2.54. The molecule has 1 unspecified atom stereocenters.